The number of hydrogen-bond donors (Lipinski definition) is 2. The predicted octanol–water partition coefficient (Wildman–Crippen LogP) is 3.93. The summed E-state index contributed by atoms with van der Waals surface area (Å²) in [6.07, 6.45) is 0. The van der Waals surface area contributed by atoms with Crippen LogP contribution < -0.4 is 10.6 Å². The number of aryl methyl sites for hydroxylation is 1. The molecule has 0 fully saturated rings. The second-order valence-corrected chi connectivity index (χ2v) is 5.75. The van der Waals surface area contributed by atoms with E-state index in [1.54, 1.807) is 18.2 Å². The van der Waals surface area contributed by atoms with Gasteiger partial charge >= 0.3 is 5.97 Å². The molecule has 6 heteroatoms. The minimum atomic E-state index is -0.385. The fourth-order valence-electron chi connectivity index (χ4n) is 2.47. The average molecular weight is 348 g/mol. The van der Waals surface area contributed by atoms with Crippen molar-refractivity contribution in [3.05, 3.63) is 77.5 Å². The minimum Gasteiger partial charge on any atom is -0.465 e. The Morgan fingerprint density at radius 1 is 1.04 bits per heavy atom. The Bertz CT molecular complexity index is 897. The van der Waals surface area contributed by atoms with E-state index in [0.717, 1.165) is 11.5 Å². The number of anilines is 3. The van der Waals surface area contributed by atoms with Gasteiger partial charge in [0.2, 0.25) is 5.95 Å². The van der Waals surface area contributed by atoms with Gasteiger partial charge in [-0.1, -0.05) is 36.4 Å². The lowest BCUT2D eigenvalue weighted by atomic mass is 10.2. The van der Waals surface area contributed by atoms with Crippen LogP contribution in [0.1, 0.15) is 21.6 Å². The van der Waals surface area contributed by atoms with Crippen LogP contribution in [0.5, 0.6) is 0 Å². The zero-order valence-corrected chi connectivity index (χ0v) is 14.7. The Hall–Kier alpha value is -3.41. The predicted molar refractivity (Wildman–Crippen MR) is 102 cm³/mol. The summed E-state index contributed by atoms with van der Waals surface area (Å²) in [4.78, 5) is 20.5. The van der Waals surface area contributed by atoms with Crippen molar-refractivity contribution < 1.29 is 9.53 Å². The number of rotatable bonds is 6. The molecule has 6 nitrogen and oxygen atoms in total. The molecule has 0 radical (unpaired) electrons. The van der Waals surface area contributed by atoms with Crippen molar-refractivity contribution in [2.75, 3.05) is 17.7 Å². The number of hydrogen-bond acceptors (Lipinski definition) is 6. The van der Waals surface area contributed by atoms with Crippen LogP contribution >= 0.6 is 0 Å². The molecule has 3 aromatic rings. The number of carbonyl (C=O) groups is 1. The maximum atomic E-state index is 11.7. The van der Waals surface area contributed by atoms with Crippen molar-refractivity contribution in [3.8, 4) is 0 Å². The summed E-state index contributed by atoms with van der Waals surface area (Å²) in [5.41, 5.74) is 3.19. The molecule has 0 amide bonds. The highest BCUT2D eigenvalue weighted by molar-refractivity contribution is 5.90. The fourth-order valence-corrected chi connectivity index (χ4v) is 2.47. The Labute approximate surface area is 152 Å². The number of esters is 1. The van der Waals surface area contributed by atoms with Crippen LogP contribution in [0, 0.1) is 6.92 Å². The zero-order chi connectivity index (χ0) is 18.4. The third-order valence-electron chi connectivity index (χ3n) is 3.71. The van der Waals surface area contributed by atoms with E-state index in [4.69, 9.17) is 4.74 Å². The van der Waals surface area contributed by atoms with Crippen LogP contribution in [-0.2, 0) is 11.3 Å². The molecule has 2 N–H and O–H groups in total. The molecule has 3 rings (SSSR count). The molecule has 0 bridgehead atoms. The normalized spacial score (nSPS) is 10.2. The molecular weight excluding hydrogens is 328 g/mol. The summed E-state index contributed by atoms with van der Waals surface area (Å²) in [7, 11) is 1.36. The van der Waals surface area contributed by atoms with Gasteiger partial charge < -0.3 is 15.4 Å². The van der Waals surface area contributed by atoms with E-state index in [1.807, 2.05) is 37.3 Å². The average Bonchev–Trinajstić information content (AvgIpc) is 2.66. The molecule has 0 aliphatic carbocycles. The van der Waals surface area contributed by atoms with E-state index in [-0.39, 0.29) is 5.97 Å². The van der Waals surface area contributed by atoms with Crippen molar-refractivity contribution in [2.45, 2.75) is 13.5 Å². The van der Waals surface area contributed by atoms with E-state index >= 15 is 0 Å². The number of aromatic nitrogens is 2. The van der Waals surface area contributed by atoms with Gasteiger partial charge in [-0.25, -0.2) is 9.78 Å². The standard InChI is InChI=1S/C20H20N4O2/c1-14-11-18(21-13-15-7-4-3-5-8-15)24-20(22-14)23-17-10-6-9-16(12-17)19(25)26-2/h3-12H,13H2,1-2H3,(H2,21,22,23,24). The molecule has 0 unspecified atom stereocenters. The molecule has 0 aliphatic rings. The van der Waals surface area contributed by atoms with Gasteiger partial charge in [0.05, 0.1) is 12.7 Å². The maximum absolute atomic E-state index is 11.7. The molecule has 0 aliphatic heterocycles. The van der Waals surface area contributed by atoms with Crippen LogP contribution in [0.4, 0.5) is 17.5 Å². The lowest BCUT2D eigenvalue weighted by Crippen LogP contribution is -2.06. The molecule has 26 heavy (non-hydrogen) atoms. The molecule has 0 spiro atoms. The Kier molecular flexibility index (Phi) is 5.43. The summed E-state index contributed by atoms with van der Waals surface area (Å²) < 4.78 is 4.75. The SMILES string of the molecule is COC(=O)c1cccc(Nc2nc(C)cc(NCc3ccccc3)n2)c1. The van der Waals surface area contributed by atoms with Crippen molar-refractivity contribution in [1.29, 1.82) is 0 Å². The van der Waals surface area contributed by atoms with Crippen molar-refractivity contribution in [1.82, 2.24) is 9.97 Å². The molecule has 1 heterocycles. The number of carbonyl (C=O) groups excluding carboxylic acids is 1. The number of ether oxygens (including phenoxy) is 1. The monoisotopic (exact) mass is 348 g/mol. The Morgan fingerprint density at radius 3 is 2.62 bits per heavy atom. The number of nitrogens with one attached hydrogen (secondary N) is 2. The van der Waals surface area contributed by atoms with Gasteiger partial charge in [-0.05, 0) is 30.7 Å². The van der Waals surface area contributed by atoms with E-state index in [2.05, 4.69) is 32.7 Å². The Balaban J connectivity index is 1.74. The molecule has 0 atom stereocenters. The third-order valence-corrected chi connectivity index (χ3v) is 3.71. The fraction of sp³-hybridized carbons (Fsp3) is 0.150. The lowest BCUT2D eigenvalue weighted by Gasteiger charge is -2.10. The first kappa shape index (κ1) is 17.4. The van der Waals surface area contributed by atoms with E-state index in [9.17, 15) is 4.79 Å². The largest absolute Gasteiger partial charge is 0.465 e. The molecule has 1 aromatic heterocycles. The van der Waals surface area contributed by atoms with Gasteiger partial charge in [-0.2, -0.15) is 4.98 Å². The quantitative estimate of drug-likeness (QED) is 0.658. The zero-order valence-electron chi connectivity index (χ0n) is 14.7. The molecule has 0 saturated carbocycles. The molecule has 0 saturated heterocycles. The Morgan fingerprint density at radius 2 is 1.85 bits per heavy atom. The van der Waals surface area contributed by atoms with Crippen LogP contribution in [-0.4, -0.2) is 23.0 Å². The number of nitrogens with zero attached hydrogens (tertiary/aromatic N) is 2. The van der Waals surface area contributed by atoms with Gasteiger partial charge in [0.1, 0.15) is 5.82 Å². The first-order chi connectivity index (χ1) is 12.6. The van der Waals surface area contributed by atoms with E-state index in [1.165, 1.54) is 12.7 Å². The van der Waals surface area contributed by atoms with Gasteiger partial charge in [-0.3, -0.25) is 0 Å². The third kappa shape index (κ3) is 4.57. The highest BCUT2D eigenvalue weighted by atomic mass is 16.5. The summed E-state index contributed by atoms with van der Waals surface area (Å²) in [6.45, 7) is 2.58. The first-order valence-corrected chi connectivity index (χ1v) is 8.23. The van der Waals surface area contributed by atoms with Crippen molar-refractivity contribution in [2.24, 2.45) is 0 Å². The lowest BCUT2D eigenvalue weighted by molar-refractivity contribution is 0.0601. The summed E-state index contributed by atoms with van der Waals surface area (Å²) in [5.74, 6) is 0.805. The van der Waals surface area contributed by atoms with Gasteiger partial charge in [0.25, 0.3) is 0 Å². The van der Waals surface area contributed by atoms with Crippen LogP contribution in [0.3, 0.4) is 0 Å². The second-order valence-electron chi connectivity index (χ2n) is 5.75. The van der Waals surface area contributed by atoms with E-state index < -0.39 is 0 Å². The smallest absolute Gasteiger partial charge is 0.337 e. The van der Waals surface area contributed by atoms with Crippen LogP contribution in [0.25, 0.3) is 0 Å². The van der Waals surface area contributed by atoms with Crippen LogP contribution in [0.2, 0.25) is 0 Å². The maximum Gasteiger partial charge on any atom is 0.337 e. The molecule has 2 aromatic carbocycles. The highest BCUT2D eigenvalue weighted by Crippen LogP contribution is 2.18. The number of benzene rings is 2. The van der Waals surface area contributed by atoms with Crippen molar-refractivity contribution in [3.63, 3.8) is 0 Å². The first-order valence-electron chi connectivity index (χ1n) is 8.23. The summed E-state index contributed by atoms with van der Waals surface area (Å²) in [6, 6.07) is 19.0. The van der Waals surface area contributed by atoms with E-state index in [0.29, 0.717) is 23.7 Å². The van der Waals surface area contributed by atoms with Gasteiger partial charge in [-0.15, -0.1) is 0 Å². The van der Waals surface area contributed by atoms with Crippen molar-refractivity contribution >= 4 is 23.4 Å². The highest BCUT2D eigenvalue weighted by Gasteiger charge is 2.07. The van der Waals surface area contributed by atoms with Gasteiger partial charge in [0.15, 0.2) is 0 Å². The summed E-state index contributed by atoms with van der Waals surface area (Å²) >= 11 is 0. The summed E-state index contributed by atoms with van der Waals surface area (Å²) in [5, 5.41) is 6.43. The molecule has 132 valence electrons. The van der Waals surface area contributed by atoms with Gasteiger partial charge in [0, 0.05) is 24.0 Å². The molecular formula is C20H20N4O2. The number of methoxy groups -OCH3 is 1. The minimum absolute atomic E-state index is 0.385. The second kappa shape index (κ2) is 8.11. The van der Waals surface area contributed by atoms with Crippen LogP contribution in [0.15, 0.2) is 60.7 Å². The topological polar surface area (TPSA) is 76.1 Å².